The number of rotatable bonds is 4. The zero-order valence-electron chi connectivity index (χ0n) is 9.78. The van der Waals surface area contributed by atoms with Gasteiger partial charge in [0.05, 0.1) is 23.8 Å². The Morgan fingerprint density at radius 3 is 2.63 bits per heavy atom. The largest absolute Gasteiger partial charge is 0.479 e. The van der Waals surface area contributed by atoms with Crippen molar-refractivity contribution in [2.75, 3.05) is 6.54 Å². The summed E-state index contributed by atoms with van der Waals surface area (Å²) in [4.78, 5) is 30.2. The molecule has 2 aromatic rings. The number of nitrogens with one attached hydrogen (secondary N) is 1. The van der Waals surface area contributed by atoms with E-state index < -0.39 is 18.0 Å². The van der Waals surface area contributed by atoms with E-state index in [0.717, 1.165) is 0 Å². The molecule has 7 nitrogen and oxygen atoms in total. The number of para-hydroxylation sites is 2. The van der Waals surface area contributed by atoms with Crippen LogP contribution in [0, 0.1) is 0 Å². The molecule has 0 fully saturated rings. The van der Waals surface area contributed by atoms with Gasteiger partial charge in [-0.2, -0.15) is 0 Å². The van der Waals surface area contributed by atoms with Crippen molar-refractivity contribution in [1.82, 2.24) is 15.3 Å². The molecule has 0 saturated carbocycles. The lowest BCUT2D eigenvalue weighted by molar-refractivity contribution is -0.146. The first-order chi connectivity index (χ1) is 9.08. The van der Waals surface area contributed by atoms with E-state index >= 15 is 0 Å². The Morgan fingerprint density at radius 2 is 1.95 bits per heavy atom. The summed E-state index contributed by atoms with van der Waals surface area (Å²) in [7, 11) is 0. The molecule has 1 atom stereocenters. The number of aliphatic hydroxyl groups excluding tert-OH is 1. The highest BCUT2D eigenvalue weighted by atomic mass is 16.4. The minimum Gasteiger partial charge on any atom is -0.479 e. The number of amides is 1. The van der Waals surface area contributed by atoms with Crippen molar-refractivity contribution in [3.63, 3.8) is 0 Å². The van der Waals surface area contributed by atoms with Crippen LogP contribution >= 0.6 is 0 Å². The van der Waals surface area contributed by atoms with Crippen molar-refractivity contribution in [2.24, 2.45) is 0 Å². The smallest absolute Gasteiger partial charge is 0.334 e. The second-order valence-corrected chi connectivity index (χ2v) is 3.81. The van der Waals surface area contributed by atoms with E-state index in [2.05, 4.69) is 15.3 Å². The van der Waals surface area contributed by atoms with Gasteiger partial charge in [-0.15, -0.1) is 0 Å². The predicted octanol–water partition coefficient (Wildman–Crippen LogP) is -0.195. The Labute approximate surface area is 107 Å². The van der Waals surface area contributed by atoms with Gasteiger partial charge in [0.2, 0.25) is 0 Å². The second-order valence-electron chi connectivity index (χ2n) is 3.81. The van der Waals surface area contributed by atoms with E-state index in [1.54, 1.807) is 24.3 Å². The van der Waals surface area contributed by atoms with Crippen LogP contribution < -0.4 is 5.32 Å². The lowest BCUT2D eigenvalue weighted by Crippen LogP contribution is -2.36. The molecule has 1 unspecified atom stereocenters. The van der Waals surface area contributed by atoms with Gasteiger partial charge in [0.15, 0.2) is 6.10 Å². The molecule has 3 N–H and O–H groups in total. The second kappa shape index (κ2) is 5.40. The third-order valence-electron chi connectivity index (χ3n) is 2.42. The van der Waals surface area contributed by atoms with Crippen LogP contribution in [0.5, 0.6) is 0 Å². The van der Waals surface area contributed by atoms with Gasteiger partial charge in [-0.25, -0.2) is 9.78 Å². The van der Waals surface area contributed by atoms with Crippen LogP contribution in [-0.4, -0.2) is 44.7 Å². The van der Waals surface area contributed by atoms with Gasteiger partial charge < -0.3 is 15.5 Å². The maximum absolute atomic E-state index is 11.7. The fraction of sp³-hybridized carbons (Fsp3) is 0.167. The first-order valence-corrected chi connectivity index (χ1v) is 5.49. The summed E-state index contributed by atoms with van der Waals surface area (Å²) in [6.07, 6.45) is -0.345. The quantitative estimate of drug-likeness (QED) is 0.703. The van der Waals surface area contributed by atoms with Crippen molar-refractivity contribution in [3.8, 4) is 0 Å². The van der Waals surface area contributed by atoms with Crippen LogP contribution in [0.4, 0.5) is 0 Å². The molecule has 1 heterocycles. The third kappa shape index (κ3) is 3.02. The summed E-state index contributed by atoms with van der Waals surface area (Å²) in [5, 5.41) is 19.8. The Bertz CT molecular complexity index is 629. The average molecular weight is 261 g/mol. The fourth-order valence-electron chi connectivity index (χ4n) is 1.43. The molecule has 0 spiro atoms. The van der Waals surface area contributed by atoms with Crippen LogP contribution in [0.25, 0.3) is 11.0 Å². The third-order valence-corrected chi connectivity index (χ3v) is 2.42. The highest BCUT2D eigenvalue weighted by molar-refractivity contribution is 5.94. The van der Waals surface area contributed by atoms with E-state index in [4.69, 9.17) is 10.2 Å². The van der Waals surface area contributed by atoms with Crippen LogP contribution in [0.1, 0.15) is 10.5 Å². The zero-order valence-corrected chi connectivity index (χ0v) is 9.78. The summed E-state index contributed by atoms with van der Waals surface area (Å²) in [5.41, 5.74) is 1.29. The number of hydrogen-bond acceptors (Lipinski definition) is 5. The maximum atomic E-state index is 11.7. The summed E-state index contributed by atoms with van der Waals surface area (Å²) in [6, 6.07) is 7.05. The molecule has 0 aliphatic carbocycles. The number of hydrogen-bond donors (Lipinski definition) is 3. The molecule has 1 aromatic carbocycles. The maximum Gasteiger partial charge on any atom is 0.334 e. The molecule has 7 heteroatoms. The van der Waals surface area contributed by atoms with E-state index in [-0.39, 0.29) is 12.2 Å². The molecule has 0 aliphatic rings. The van der Waals surface area contributed by atoms with Crippen molar-refractivity contribution in [3.05, 3.63) is 36.2 Å². The van der Waals surface area contributed by atoms with Gasteiger partial charge >= 0.3 is 5.97 Å². The van der Waals surface area contributed by atoms with Crippen LogP contribution in [0.2, 0.25) is 0 Å². The summed E-state index contributed by atoms with van der Waals surface area (Å²) >= 11 is 0. The Morgan fingerprint density at radius 1 is 1.26 bits per heavy atom. The first kappa shape index (κ1) is 12.9. The normalized spacial score (nSPS) is 12.1. The predicted molar refractivity (Wildman–Crippen MR) is 65.5 cm³/mol. The molecule has 1 amide bonds. The number of benzene rings is 1. The number of nitrogens with zero attached hydrogens (tertiary/aromatic N) is 2. The number of carbonyl (C=O) groups is 2. The molecular weight excluding hydrogens is 250 g/mol. The summed E-state index contributed by atoms with van der Waals surface area (Å²) in [6.45, 7) is -0.386. The molecule has 0 radical (unpaired) electrons. The lowest BCUT2D eigenvalue weighted by atomic mass is 10.3. The molecular formula is C12H11N3O4. The SMILES string of the molecule is O=C(NCC(O)C(=O)O)c1cnc2ccccc2n1. The number of aliphatic hydroxyl groups is 1. The topological polar surface area (TPSA) is 112 Å². The lowest BCUT2D eigenvalue weighted by Gasteiger charge is -2.07. The summed E-state index contributed by atoms with van der Waals surface area (Å²) in [5.74, 6) is -1.98. The van der Waals surface area contributed by atoms with Gasteiger partial charge in [-0.1, -0.05) is 12.1 Å². The highest BCUT2D eigenvalue weighted by Crippen LogP contribution is 2.08. The number of aromatic nitrogens is 2. The van der Waals surface area contributed by atoms with Crippen LogP contribution in [0.3, 0.4) is 0 Å². The van der Waals surface area contributed by atoms with E-state index in [1.165, 1.54) is 6.20 Å². The Balaban J connectivity index is 2.11. The zero-order chi connectivity index (χ0) is 13.8. The molecule has 0 saturated heterocycles. The van der Waals surface area contributed by atoms with Crippen molar-refractivity contribution in [1.29, 1.82) is 0 Å². The number of carbonyl (C=O) groups excluding carboxylic acids is 1. The molecule has 19 heavy (non-hydrogen) atoms. The van der Waals surface area contributed by atoms with E-state index in [0.29, 0.717) is 11.0 Å². The summed E-state index contributed by atoms with van der Waals surface area (Å²) < 4.78 is 0. The molecule has 98 valence electrons. The number of fused-ring (bicyclic) bond motifs is 1. The van der Waals surface area contributed by atoms with Gasteiger partial charge in [0, 0.05) is 0 Å². The first-order valence-electron chi connectivity index (χ1n) is 5.49. The average Bonchev–Trinajstić information content (AvgIpc) is 2.43. The molecule has 0 aliphatic heterocycles. The number of carboxylic acids is 1. The van der Waals surface area contributed by atoms with Crippen LogP contribution in [-0.2, 0) is 4.79 Å². The molecule has 2 rings (SSSR count). The van der Waals surface area contributed by atoms with Gasteiger partial charge in [-0.05, 0) is 12.1 Å². The van der Waals surface area contributed by atoms with Gasteiger partial charge in [0.1, 0.15) is 5.69 Å². The fourth-order valence-corrected chi connectivity index (χ4v) is 1.43. The van der Waals surface area contributed by atoms with Crippen molar-refractivity contribution in [2.45, 2.75) is 6.10 Å². The van der Waals surface area contributed by atoms with Crippen molar-refractivity contribution >= 4 is 22.9 Å². The molecule has 0 bridgehead atoms. The standard InChI is InChI=1S/C12H11N3O4/c16-10(12(18)19)6-14-11(17)9-5-13-7-3-1-2-4-8(7)15-9/h1-5,10,16H,6H2,(H,14,17)(H,18,19). The number of carboxylic acid groups (broad SMARTS) is 1. The number of aliphatic carboxylic acids is 1. The minimum absolute atomic E-state index is 0.0660. The highest BCUT2D eigenvalue weighted by Gasteiger charge is 2.15. The monoisotopic (exact) mass is 261 g/mol. The Hall–Kier alpha value is -2.54. The van der Waals surface area contributed by atoms with Crippen molar-refractivity contribution < 1.29 is 19.8 Å². The van der Waals surface area contributed by atoms with E-state index in [9.17, 15) is 9.59 Å². The van der Waals surface area contributed by atoms with Gasteiger partial charge in [0.25, 0.3) is 5.91 Å². The van der Waals surface area contributed by atoms with E-state index in [1.807, 2.05) is 0 Å². The molecule has 1 aromatic heterocycles. The van der Waals surface area contributed by atoms with Gasteiger partial charge in [-0.3, -0.25) is 9.78 Å². The van der Waals surface area contributed by atoms with Crippen LogP contribution in [0.15, 0.2) is 30.5 Å². The Kier molecular flexibility index (Phi) is 3.67. The minimum atomic E-state index is -1.64.